The predicted molar refractivity (Wildman–Crippen MR) is 81.7 cm³/mol. The van der Waals surface area contributed by atoms with E-state index in [0.29, 0.717) is 5.01 Å². The second-order valence-electron chi connectivity index (χ2n) is 5.11. The third-order valence-electron chi connectivity index (χ3n) is 3.82. The Labute approximate surface area is 132 Å². The number of carbonyl (C=O) groups excluding carboxylic acids is 3. The number of hydrogen-bond acceptors (Lipinski definition) is 5. The van der Waals surface area contributed by atoms with Gasteiger partial charge >= 0.3 is 0 Å². The number of nitrogens with zero attached hydrogens (tertiary/aromatic N) is 1. The predicted octanol–water partition coefficient (Wildman–Crippen LogP) is 1.03. The van der Waals surface area contributed by atoms with E-state index in [2.05, 4.69) is 5.43 Å². The van der Waals surface area contributed by atoms with E-state index in [1.807, 2.05) is 0 Å². The molecule has 0 bridgehead atoms. The van der Waals surface area contributed by atoms with Gasteiger partial charge < -0.3 is 5.11 Å². The molecule has 1 aliphatic carbocycles. The van der Waals surface area contributed by atoms with Crippen LogP contribution < -0.4 is 5.43 Å². The van der Waals surface area contributed by atoms with Crippen LogP contribution in [-0.4, -0.2) is 40.4 Å². The molecule has 0 saturated carbocycles. The average Bonchev–Trinajstić information content (AvgIpc) is 2.79. The number of amides is 1. The van der Waals surface area contributed by atoms with Crippen molar-refractivity contribution in [3.05, 3.63) is 71.3 Å². The van der Waals surface area contributed by atoms with Crippen LogP contribution in [0.4, 0.5) is 0 Å². The van der Waals surface area contributed by atoms with Crippen LogP contribution in [0.15, 0.2) is 54.6 Å². The first-order chi connectivity index (χ1) is 11.0. The molecule has 2 aromatic rings. The number of hydrazine groups is 1. The molecule has 2 N–H and O–H groups in total. The summed E-state index contributed by atoms with van der Waals surface area (Å²) in [6.07, 6.45) is 0. The van der Waals surface area contributed by atoms with Gasteiger partial charge in [0.25, 0.3) is 11.6 Å². The molecule has 3 rings (SSSR count). The fourth-order valence-electron chi connectivity index (χ4n) is 2.68. The van der Waals surface area contributed by atoms with E-state index in [0.717, 1.165) is 0 Å². The van der Waals surface area contributed by atoms with Crippen molar-refractivity contribution in [2.24, 2.45) is 0 Å². The van der Waals surface area contributed by atoms with Crippen molar-refractivity contribution in [1.82, 2.24) is 10.4 Å². The molecular formula is C17H14N2O4. The topological polar surface area (TPSA) is 86.7 Å². The van der Waals surface area contributed by atoms with Gasteiger partial charge in [-0.05, 0) is 12.1 Å². The molecule has 6 nitrogen and oxygen atoms in total. The largest absolute Gasteiger partial charge is 0.357 e. The highest BCUT2D eigenvalue weighted by atomic mass is 16.3. The van der Waals surface area contributed by atoms with Gasteiger partial charge in [-0.2, -0.15) is 0 Å². The molecular weight excluding hydrogens is 296 g/mol. The summed E-state index contributed by atoms with van der Waals surface area (Å²) in [4.78, 5) is 37.7. The summed E-state index contributed by atoms with van der Waals surface area (Å²) in [5.41, 5.74) is 0.318. The van der Waals surface area contributed by atoms with Crippen LogP contribution >= 0.6 is 0 Å². The van der Waals surface area contributed by atoms with Crippen LogP contribution in [0.5, 0.6) is 0 Å². The summed E-state index contributed by atoms with van der Waals surface area (Å²) in [7, 11) is 1.36. The zero-order chi connectivity index (χ0) is 16.6. The third kappa shape index (κ3) is 2.08. The molecule has 0 fully saturated rings. The molecule has 0 radical (unpaired) electrons. The van der Waals surface area contributed by atoms with E-state index in [9.17, 15) is 19.5 Å². The molecule has 0 saturated heterocycles. The SMILES string of the molecule is CNN(C(=O)c1ccccc1)C1(O)C(=O)c2ccccc2C1=O. The Kier molecular flexibility index (Phi) is 3.55. The van der Waals surface area contributed by atoms with E-state index in [1.54, 1.807) is 30.3 Å². The molecule has 0 aliphatic heterocycles. The van der Waals surface area contributed by atoms with E-state index in [1.165, 1.54) is 31.3 Å². The number of benzene rings is 2. The van der Waals surface area contributed by atoms with E-state index in [4.69, 9.17) is 0 Å². The lowest BCUT2D eigenvalue weighted by molar-refractivity contribution is -0.0539. The second kappa shape index (κ2) is 5.42. The number of carbonyl (C=O) groups is 3. The Balaban J connectivity index is 2.07. The molecule has 0 atom stereocenters. The van der Waals surface area contributed by atoms with E-state index < -0.39 is 23.2 Å². The number of hydrogen-bond donors (Lipinski definition) is 2. The fourth-order valence-corrected chi connectivity index (χ4v) is 2.68. The highest BCUT2D eigenvalue weighted by Crippen LogP contribution is 2.32. The van der Waals surface area contributed by atoms with Crippen LogP contribution in [0.2, 0.25) is 0 Å². The lowest BCUT2D eigenvalue weighted by Crippen LogP contribution is -2.63. The van der Waals surface area contributed by atoms with Crippen LogP contribution in [-0.2, 0) is 0 Å². The first-order valence-electron chi connectivity index (χ1n) is 6.99. The van der Waals surface area contributed by atoms with Crippen LogP contribution in [0.25, 0.3) is 0 Å². The van der Waals surface area contributed by atoms with Crippen molar-refractivity contribution in [3.8, 4) is 0 Å². The normalized spacial score (nSPS) is 15.4. The quantitative estimate of drug-likeness (QED) is 0.502. The fraction of sp³-hybridized carbons (Fsp3) is 0.118. The monoisotopic (exact) mass is 310 g/mol. The molecule has 0 aromatic heterocycles. The lowest BCUT2D eigenvalue weighted by atomic mass is 10.1. The van der Waals surface area contributed by atoms with Crippen molar-refractivity contribution in [3.63, 3.8) is 0 Å². The van der Waals surface area contributed by atoms with Crippen molar-refractivity contribution < 1.29 is 19.5 Å². The molecule has 0 unspecified atom stereocenters. The summed E-state index contributed by atoms with van der Waals surface area (Å²) in [6.45, 7) is 0. The number of nitrogens with one attached hydrogen (secondary N) is 1. The van der Waals surface area contributed by atoms with Crippen LogP contribution in [0, 0.1) is 0 Å². The molecule has 6 heteroatoms. The molecule has 0 spiro atoms. The summed E-state index contributed by atoms with van der Waals surface area (Å²) in [5, 5.41) is 11.5. The van der Waals surface area contributed by atoms with Gasteiger partial charge in [-0.3, -0.25) is 14.4 Å². The van der Waals surface area contributed by atoms with Gasteiger partial charge in [-0.15, -0.1) is 0 Å². The number of aliphatic hydroxyl groups is 1. The Bertz CT molecular complexity index is 766. The third-order valence-corrected chi connectivity index (χ3v) is 3.82. The maximum atomic E-state index is 12.6. The number of Topliss-reactive ketones (excluding diaryl/α,β-unsaturated/α-hetero) is 2. The highest BCUT2D eigenvalue weighted by molar-refractivity contribution is 6.32. The van der Waals surface area contributed by atoms with Crippen molar-refractivity contribution >= 4 is 17.5 Å². The summed E-state index contributed by atoms with van der Waals surface area (Å²) in [6, 6.07) is 14.2. The van der Waals surface area contributed by atoms with E-state index >= 15 is 0 Å². The van der Waals surface area contributed by atoms with Gasteiger partial charge in [0.2, 0.25) is 11.6 Å². The van der Waals surface area contributed by atoms with Crippen molar-refractivity contribution in [2.45, 2.75) is 5.72 Å². The molecule has 23 heavy (non-hydrogen) atoms. The number of ketones is 2. The van der Waals surface area contributed by atoms with Gasteiger partial charge in [-0.1, -0.05) is 42.5 Å². The van der Waals surface area contributed by atoms with Crippen molar-refractivity contribution in [2.75, 3.05) is 7.05 Å². The minimum Gasteiger partial charge on any atom is -0.357 e. The van der Waals surface area contributed by atoms with Gasteiger partial charge in [0.15, 0.2) is 0 Å². The van der Waals surface area contributed by atoms with Crippen LogP contribution in [0.1, 0.15) is 31.1 Å². The standard InChI is InChI=1S/C17H14N2O4/c1-18-19(16(22)11-7-3-2-4-8-11)17(23)14(20)12-9-5-6-10-13(12)15(17)21/h2-10,18,23H,1H3. The Morgan fingerprint density at radius 1 is 0.957 bits per heavy atom. The van der Waals surface area contributed by atoms with E-state index in [-0.39, 0.29) is 16.7 Å². The highest BCUT2D eigenvalue weighted by Gasteiger charge is 2.57. The molecule has 2 aromatic carbocycles. The van der Waals surface area contributed by atoms with Gasteiger partial charge in [0, 0.05) is 23.7 Å². The zero-order valence-electron chi connectivity index (χ0n) is 12.3. The summed E-state index contributed by atoms with van der Waals surface area (Å²) < 4.78 is 0. The number of fused-ring (bicyclic) bond motifs is 1. The Morgan fingerprint density at radius 2 is 1.43 bits per heavy atom. The second-order valence-corrected chi connectivity index (χ2v) is 5.11. The summed E-state index contributed by atoms with van der Waals surface area (Å²) >= 11 is 0. The molecule has 1 amide bonds. The van der Waals surface area contributed by atoms with Crippen molar-refractivity contribution in [1.29, 1.82) is 0 Å². The van der Waals surface area contributed by atoms with Gasteiger partial charge in [0.1, 0.15) is 0 Å². The maximum Gasteiger partial charge on any atom is 0.284 e. The molecule has 1 aliphatic rings. The average molecular weight is 310 g/mol. The smallest absolute Gasteiger partial charge is 0.284 e. The lowest BCUT2D eigenvalue weighted by Gasteiger charge is -2.32. The first kappa shape index (κ1) is 15.1. The molecule has 116 valence electrons. The molecule has 0 heterocycles. The van der Waals surface area contributed by atoms with Crippen LogP contribution in [0.3, 0.4) is 0 Å². The first-order valence-corrected chi connectivity index (χ1v) is 6.99. The zero-order valence-corrected chi connectivity index (χ0v) is 12.3. The maximum absolute atomic E-state index is 12.6. The number of rotatable bonds is 3. The van der Waals surface area contributed by atoms with Gasteiger partial charge in [0.05, 0.1) is 0 Å². The Hall–Kier alpha value is -2.83. The minimum atomic E-state index is -2.59. The van der Waals surface area contributed by atoms with Gasteiger partial charge in [-0.25, -0.2) is 10.4 Å². The summed E-state index contributed by atoms with van der Waals surface area (Å²) in [5.74, 6) is -2.32. The Morgan fingerprint density at radius 3 is 1.91 bits per heavy atom. The minimum absolute atomic E-state index is 0.0983.